The third-order valence-corrected chi connectivity index (χ3v) is 5.51. The molecule has 1 aliphatic rings. The molecule has 10 heteroatoms. The molecule has 2 aromatic heterocycles. The maximum Gasteiger partial charge on any atom is 0.405 e. The van der Waals surface area contributed by atoms with E-state index < -0.39 is 11.6 Å². The van der Waals surface area contributed by atoms with E-state index in [1.54, 1.807) is 21.8 Å². The highest BCUT2D eigenvalue weighted by Gasteiger charge is 2.24. The molecule has 3 heterocycles. The van der Waals surface area contributed by atoms with Gasteiger partial charge in [0, 0.05) is 42.8 Å². The lowest BCUT2D eigenvalue weighted by molar-refractivity contribution is 0.182. The molecular weight excluding hydrogens is 410 g/mol. The first-order chi connectivity index (χ1) is 15.2. The fourth-order valence-electron chi connectivity index (χ4n) is 4.08. The number of anilines is 1. The first-order valence-electron chi connectivity index (χ1n) is 10.6. The number of aryl methyl sites for hydroxylation is 1. The van der Waals surface area contributed by atoms with Gasteiger partial charge in [-0.05, 0) is 62.4 Å². The zero-order valence-electron chi connectivity index (χ0n) is 18.4. The van der Waals surface area contributed by atoms with Crippen LogP contribution in [-0.4, -0.2) is 60.7 Å². The molecule has 3 amide bonds. The second-order valence-electron chi connectivity index (χ2n) is 8.82. The van der Waals surface area contributed by atoms with Gasteiger partial charge in [-0.2, -0.15) is 5.10 Å². The van der Waals surface area contributed by atoms with Gasteiger partial charge in [-0.25, -0.2) is 9.59 Å². The van der Waals surface area contributed by atoms with E-state index in [0.717, 1.165) is 48.0 Å². The molecule has 0 unspecified atom stereocenters. The molecule has 1 saturated heterocycles. The zero-order valence-corrected chi connectivity index (χ0v) is 18.4. The predicted molar refractivity (Wildman–Crippen MR) is 121 cm³/mol. The van der Waals surface area contributed by atoms with Gasteiger partial charge in [0.15, 0.2) is 5.82 Å². The summed E-state index contributed by atoms with van der Waals surface area (Å²) in [5, 5.41) is 28.2. The van der Waals surface area contributed by atoms with Gasteiger partial charge in [0.05, 0.1) is 11.7 Å². The minimum absolute atomic E-state index is 0.174. The molecule has 10 nitrogen and oxygen atoms in total. The minimum atomic E-state index is -1.08. The molecule has 3 N–H and O–H groups in total. The van der Waals surface area contributed by atoms with Crippen LogP contribution in [0.5, 0.6) is 0 Å². The van der Waals surface area contributed by atoms with Crippen LogP contribution in [0.3, 0.4) is 0 Å². The van der Waals surface area contributed by atoms with Crippen LogP contribution in [0.15, 0.2) is 30.6 Å². The van der Waals surface area contributed by atoms with E-state index in [2.05, 4.69) is 25.9 Å². The van der Waals surface area contributed by atoms with Crippen LogP contribution in [0, 0.1) is 0 Å². The summed E-state index contributed by atoms with van der Waals surface area (Å²) in [7, 11) is 1.85. The average Bonchev–Trinajstić information content (AvgIpc) is 3.38. The maximum absolute atomic E-state index is 12.5. The Hall–Kier alpha value is -3.69. The zero-order chi connectivity index (χ0) is 22.9. The largest absolute Gasteiger partial charge is 0.465 e. The van der Waals surface area contributed by atoms with Crippen LogP contribution in [0.2, 0.25) is 0 Å². The number of aromatic nitrogens is 4. The summed E-state index contributed by atoms with van der Waals surface area (Å²) < 4.78 is 1.72. The molecule has 1 fully saturated rings. The van der Waals surface area contributed by atoms with Gasteiger partial charge in [-0.3, -0.25) is 10.00 Å². The molecule has 0 aliphatic carbocycles. The Balaban J connectivity index is 1.73. The molecule has 1 aliphatic heterocycles. The molecule has 0 atom stereocenters. The van der Waals surface area contributed by atoms with E-state index in [1.807, 2.05) is 39.2 Å². The summed E-state index contributed by atoms with van der Waals surface area (Å²) >= 11 is 0. The van der Waals surface area contributed by atoms with Gasteiger partial charge in [-0.15, -0.1) is 10.2 Å². The number of rotatable bonds is 5. The Morgan fingerprint density at radius 1 is 1.12 bits per heavy atom. The predicted octanol–water partition coefficient (Wildman–Crippen LogP) is 3.25. The topological polar surface area (TPSA) is 125 Å². The van der Waals surface area contributed by atoms with Crippen molar-refractivity contribution in [2.24, 2.45) is 7.05 Å². The number of likely N-dealkylation sites (tertiary alicyclic amines) is 1. The number of amides is 3. The van der Waals surface area contributed by atoms with Crippen molar-refractivity contribution in [3.63, 3.8) is 0 Å². The van der Waals surface area contributed by atoms with Crippen LogP contribution in [0.1, 0.15) is 32.3 Å². The van der Waals surface area contributed by atoms with E-state index >= 15 is 0 Å². The Bertz CT molecular complexity index is 1170. The summed E-state index contributed by atoms with van der Waals surface area (Å²) in [4.78, 5) is 25.5. The van der Waals surface area contributed by atoms with Gasteiger partial charge in [0.25, 0.3) is 0 Å². The number of hydrogen-bond acceptors (Lipinski definition) is 5. The molecule has 0 saturated carbocycles. The number of carbonyl (C=O) groups excluding carboxylic acids is 1. The first kappa shape index (κ1) is 21.5. The van der Waals surface area contributed by atoms with E-state index in [0.29, 0.717) is 17.8 Å². The van der Waals surface area contributed by atoms with Gasteiger partial charge in [0.2, 0.25) is 0 Å². The van der Waals surface area contributed by atoms with E-state index in [-0.39, 0.29) is 6.03 Å². The molecular formula is C22H27N7O3. The number of carboxylic acid groups (broad SMARTS) is 1. The SMILES string of the molecule is Cn1cc(-c2cc(CC(C)(C)NC(=O)O)c3nnc(NC(=O)N4CCCC4)cc3c2)cn1. The number of hydrogen-bond donors (Lipinski definition) is 3. The highest BCUT2D eigenvalue weighted by atomic mass is 16.4. The van der Waals surface area contributed by atoms with Gasteiger partial charge in [-0.1, -0.05) is 0 Å². The fourth-order valence-corrected chi connectivity index (χ4v) is 4.08. The standard InChI is InChI=1S/C22H27N7O3/c1-22(2,25-21(31)32)11-16-9-14(17-12-23-28(3)13-17)8-15-10-18(26-27-19(15)16)24-20(30)29-6-4-5-7-29/h8-10,12-13,25H,4-7,11H2,1-3H3,(H,31,32)(H,24,26,30). The second kappa shape index (κ2) is 8.45. The molecule has 0 spiro atoms. The van der Waals surface area contributed by atoms with Crippen molar-refractivity contribution in [2.45, 2.75) is 38.6 Å². The number of nitrogens with zero attached hydrogens (tertiary/aromatic N) is 5. The molecule has 0 radical (unpaired) electrons. The molecule has 3 aromatic rings. The monoisotopic (exact) mass is 437 g/mol. The van der Waals surface area contributed by atoms with E-state index in [9.17, 15) is 14.7 Å². The van der Waals surface area contributed by atoms with Crippen molar-refractivity contribution in [1.29, 1.82) is 0 Å². The normalized spacial score (nSPS) is 14.0. The summed E-state index contributed by atoms with van der Waals surface area (Å²) in [6.07, 6.45) is 5.04. The minimum Gasteiger partial charge on any atom is -0.465 e. The van der Waals surface area contributed by atoms with Crippen LogP contribution in [-0.2, 0) is 13.5 Å². The lowest BCUT2D eigenvalue weighted by Gasteiger charge is -2.25. The number of benzene rings is 1. The Morgan fingerprint density at radius 2 is 1.88 bits per heavy atom. The fraction of sp³-hybridized carbons (Fsp3) is 0.409. The molecule has 4 rings (SSSR count). The lowest BCUT2D eigenvalue weighted by Crippen LogP contribution is -2.44. The number of nitrogens with one attached hydrogen (secondary N) is 2. The van der Waals surface area contributed by atoms with Crippen LogP contribution < -0.4 is 10.6 Å². The van der Waals surface area contributed by atoms with Crippen molar-refractivity contribution >= 4 is 28.8 Å². The lowest BCUT2D eigenvalue weighted by atomic mass is 9.91. The van der Waals surface area contributed by atoms with E-state index in [1.165, 1.54) is 0 Å². The Labute approximate surface area is 185 Å². The number of carbonyl (C=O) groups is 2. The highest BCUT2D eigenvalue weighted by Crippen LogP contribution is 2.29. The highest BCUT2D eigenvalue weighted by molar-refractivity contribution is 5.93. The Morgan fingerprint density at radius 3 is 2.53 bits per heavy atom. The van der Waals surface area contributed by atoms with Crippen molar-refractivity contribution in [1.82, 2.24) is 30.2 Å². The smallest absolute Gasteiger partial charge is 0.405 e. The van der Waals surface area contributed by atoms with Crippen molar-refractivity contribution in [3.05, 3.63) is 36.2 Å². The summed E-state index contributed by atoms with van der Waals surface area (Å²) in [6, 6.07) is 5.60. The van der Waals surface area contributed by atoms with Crippen LogP contribution in [0.25, 0.3) is 22.0 Å². The molecule has 168 valence electrons. The molecule has 0 bridgehead atoms. The molecule has 32 heavy (non-hydrogen) atoms. The van der Waals surface area contributed by atoms with Crippen molar-refractivity contribution < 1.29 is 14.7 Å². The second-order valence-corrected chi connectivity index (χ2v) is 8.82. The van der Waals surface area contributed by atoms with Crippen LogP contribution in [0.4, 0.5) is 15.4 Å². The maximum atomic E-state index is 12.5. The summed E-state index contributed by atoms with van der Waals surface area (Å²) in [6.45, 7) is 5.13. The van der Waals surface area contributed by atoms with Gasteiger partial charge in [0.1, 0.15) is 0 Å². The first-order valence-corrected chi connectivity index (χ1v) is 10.6. The number of urea groups is 1. The summed E-state index contributed by atoms with van der Waals surface area (Å²) in [5.74, 6) is 0.381. The average molecular weight is 438 g/mol. The van der Waals surface area contributed by atoms with Crippen molar-refractivity contribution in [3.8, 4) is 11.1 Å². The quantitative estimate of drug-likeness (QED) is 0.563. The number of fused-ring (bicyclic) bond motifs is 1. The van der Waals surface area contributed by atoms with Crippen molar-refractivity contribution in [2.75, 3.05) is 18.4 Å². The third kappa shape index (κ3) is 4.79. The summed E-state index contributed by atoms with van der Waals surface area (Å²) in [5.41, 5.74) is 2.66. The Kier molecular flexibility index (Phi) is 5.68. The third-order valence-electron chi connectivity index (χ3n) is 5.51. The van der Waals surface area contributed by atoms with Gasteiger partial charge < -0.3 is 15.3 Å². The van der Waals surface area contributed by atoms with E-state index in [4.69, 9.17) is 0 Å². The van der Waals surface area contributed by atoms with Gasteiger partial charge >= 0.3 is 12.1 Å². The van der Waals surface area contributed by atoms with Crippen LogP contribution >= 0.6 is 0 Å². The molecule has 1 aromatic carbocycles.